The first kappa shape index (κ1) is 18.4. The largest absolute Gasteiger partial charge is 0.376 e. The van der Waals surface area contributed by atoms with Gasteiger partial charge in [-0.05, 0) is 57.8 Å². The van der Waals surface area contributed by atoms with Crippen LogP contribution < -0.4 is 10.7 Å². The molecule has 0 radical (unpaired) electrons. The van der Waals surface area contributed by atoms with Crippen molar-refractivity contribution < 1.29 is 9.47 Å². The molecule has 1 aromatic heterocycles. The molecule has 0 amide bonds. The highest BCUT2D eigenvalue weighted by Crippen LogP contribution is 2.19. The summed E-state index contributed by atoms with van der Waals surface area (Å²) < 4.78 is 13.6. The van der Waals surface area contributed by atoms with Crippen LogP contribution >= 0.6 is 12.2 Å². The summed E-state index contributed by atoms with van der Waals surface area (Å²) in [7, 11) is 0. The van der Waals surface area contributed by atoms with Gasteiger partial charge in [-0.1, -0.05) is 0 Å². The van der Waals surface area contributed by atoms with Gasteiger partial charge in [-0.3, -0.25) is 5.43 Å². The topological polar surface area (TPSA) is 59.8 Å². The number of thiocarbonyl (C=S) groups is 1. The van der Waals surface area contributed by atoms with Crippen LogP contribution in [0.15, 0.2) is 11.2 Å². The summed E-state index contributed by atoms with van der Waals surface area (Å²) >= 11 is 5.25. The highest BCUT2D eigenvalue weighted by atomic mass is 32.1. The number of rotatable bonds is 6. The highest BCUT2D eigenvalue weighted by Gasteiger charge is 2.18. The number of hydrogen-bond acceptors (Lipinski definition) is 4. The third-order valence-electron chi connectivity index (χ3n) is 4.91. The van der Waals surface area contributed by atoms with Gasteiger partial charge in [0.05, 0.1) is 18.4 Å². The number of aromatic nitrogens is 1. The Kier molecular flexibility index (Phi) is 6.45. The first-order chi connectivity index (χ1) is 12.1. The Morgan fingerprint density at radius 3 is 2.68 bits per heavy atom. The van der Waals surface area contributed by atoms with Crippen molar-refractivity contribution in [3.8, 4) is 0 Å². The fourth-order valence-electron chi connectivity index (χ4n) is 3.44. The van der Waals surface area contributed by atoms with E-state index in [2.05, 4.69) is 40.3 Å². The second-order valence-electron chi connectivity index (χ2n) is 6.79. The number of nitrogens with zero attached hydrogens (tertiary/aromatic N) is 2. The molecule has 2 fully saturated rings. The average molecular weight is 365 g/mol. The van der Waals surface area contributed by atoms with Gasteiger partial charge >= 0.3 is 0 Å². The molecule has 2 aliphatic heterocycles. The molecule has 7 heteroatoms. The molecule has 2 N–H and O–H groups in total. The van der Waals surface area contributed by atoms with Crippen molar-refractivity contribution in [1.29, 1.82) is 0 Å². The minimum atomic E-state index is 0.264. The number of ether oxygens (including phenoxy) is 2. The standard InChI is InChI=1S/C18H28N4O2S/c1-13-9-15(14(2)22(13)12-17-6-4-8-24-17)10-20-21-18(25)19-11-16-5-3-7-23-16/h9-10,16-17H,3-8,11-12H2,1-2H3,(H2,19,21,25)/b20-10-/t16-,17-/m1/s1. The summed E-state index contributed by atoms with van der Waals surface area (Å²) in [5.74, 6) is 0. The van der Waals surface area contributed by atoms with E-state index in [1.807, 2.05) is 6.21 Å². The molecule has 3 heterocycles. The van der Waals surface area contributed by atoms with Crippen LogP contribution in [0.3, 0.4) is 0 Å². The van der Waals surface area contributed by atoms with E-state index in [1.165, 1.54) is 17.8 Å². The molecule has 0 unspecified atom stereocenters. The van der Waals surface area contributed by atoms with Gasteiger partial charge in [0.2, 0.25) is 0 Å². The molecular weight excluding hydrogens is 336 g/mol. The minimum absolute atomic E-state index is 0.264. The van der Waals surface area contributed by atoms with Crippen molar-refractivity contribution in [1.82, 2.24) is 15.3 Å². The van der Waals surface area contributed by atoms with E-state index < -0.39 is 0 Å². The Morgan fingerprint density at radius 2 is 2.00 bits per heavy atom. The van der Waals surface area contributed by atoms with Crippen LogP contribution in [-0.2, 0) is 16.0 Å². The van der Waals surface area contributed by atoms with Gasteiger partial charge in [-0.15, -0.1) is 0 Å². The molecule has 2 saturated heterocycles. The summed E-state index contributed by atoms with van der Waals surface area (Å²) in [6, 6.07) is 2.15. The van der Waals surface area contributed by atoms with Crippen LogP contribution in [0, 0.1) is 13.8 Å². The van der Waals surface area contributed by atoms with Crippen molar-refractivity contribution in [3.63, 3.8) is 0 Å². The molecule has 25 heavy (non-hydrogen) atoms. The molecule has 1 aromatic rings. The number of nitrogens with one attached hydrogen (secondary N) is 2. The average Bonchev–Trinajstić information content (AvgIpc) is 3.33. The predicted molar refractivity (Wildman–Crippen MR) is 103 cm³/mol. The van der Waals surface area contributed by atoms with Gasteiger partial charge in [0.25, 0.3) is 0 Å². The fourth-order valence-corrected chi connectivity index (χ4v) is 3.58. The summed E-state index contributed by atoms with van der Waals surface area (Å²) in [5, 5.41) is 7.95. The minimum Gasteiger partial charge on any atom is -0.376 e. The summed E-state index contributed by atoms with van der Waals surface area (Å²) in [6.07, 6.45) is 6.96. The molecule has 6 nitrogen and oxygen atoms in total. The maximum absolute atomic E-state index is 5.76. The molecule has 2 aliphatic rings. The quantitative estimate of drug-likeness (QED) is 0.461. The zero-order valence-electron chi connectivity index (χ0n) is 15.1. The third kappa shape index (κ3) is 5.03. The lowest BCUT2D eigenvalue weighted by molar-refractivity contribution is 0.0962. The summed E-state index contributed by atoms with van der Waals surface area (Å²) in [4.78, 5) is 0. The third-order valence-corrected chi connectivity index (χ3v) is 5.14. The monoisotopic (exact) mass is 364 g/mol. The molecular formula is C18H28N4O2S. The maximum atomic E-state index is 5.76. The SMILES string of the molecule is Cc1cc(/C=N\NC(=S)NC[C@H]2CCCO2)c(C)n1C[C@H]1CCCO1. The Hall–Kier alpha value is -1.44. The van der Waals surface area contributed by atoms with Crippen molar-refractivity contribution in [2.75, 3.05) is 19.8 Å². The van der Waals surface area contributed by atoms with Crippen LogP contribution in [-0.4, -0.2) is 47.9 Å². The number of hydrazone groups is 1. The summed E-state index contributed by atoms with van der Waals surface area (Å²) in [6.45, 7) is 7.64. The molecule has 2 atom stereocenters. The van der Waals surface area contributed by atoms with E-state index in [-0.39, 0.29) is 6.10 Å². The fraction of sp³-hybridized carbons (Fsp3) is 0.667. The van der Waals surface area contributed by atoms with Crippen molar-refractivity contribution >= 4 is 23.5 Å². The molecule has 0 bridgehead atoms. The first-order valence-electron chi connectivity index (χ1n) is 9.10. The maximum Gasteiger partial charge on any atom is 0.187 e. The highest BCUT2D eigenvalue weighted by molar-refractivity contribution is 7.80. The predicted octanol–water partition coefficient (Wildman–Crippen LogP) is 2.26. The van der Waals surface area contributed by atoms with Crippen LogP contribution in [0.5, 0.6) is 0 Å². The van der Waals surface area contributed by atoms with Crippen molar-refractivity contribution in [3.05, 3.63) is 23.0 Å². The molecule has 3 rings (SSSR count). The van der Waals surface area contributed by atoms with E-state index in [0.29, 0.717) is 11.2 Å². The van der Waals surface area contributed by atoms with Gasteiger partial charge in [-0.2, -0.15) is 5.10 Å². The molecule has 0 aliphatic carbocycles. The van der Waals surface area contributed by atoms with Gasteiger partial charge in [-0.25, -0.2) is 0 Å². The van der Waals surface area contributed by atoms with E-state index in [1.54, 1.807) is 0 Å². The van der Waals surface area contributed by atoms with Crippen LogP contribution in [0.2, 0.25) is 0 Å². The lowest BCUT2D eigenvalue weighted by atomic mass is 10.2. The van der Waals surface area contributed by atoms with Gasteiger partial charge in [0.15, 0.2) is 5.11 Å². The second-order valence-corrected chi connectivity index (χ2v) is 7.20. The summed E-state index contributed by atoms with van der Waals surface area (Å²) in [5.41, 5.74) is 6.42. The first-order valence-corrected chi connectivity index (χ1v) is 9.51. The molecule has 0 aromatic carbocycles. The van der Waals surface area contributed by atoms with Crippen molar-refractivity contribution in [2.45, 2.75) is 58.3 Å². The number of hydrogen-bond donors (Lipinski definition) is 2. The lowest BCUT2D eigenvalue weighted by Crippen LogP contribution is -2.37. The zero-order valence-corrected chi connectivity index (χ0v) is 15.9. The van der Waals surface area contributed by atoms with E-state index in [0.717, 1.165) is 51.1 Å². The lowest BCUT2D eigenvalue weighted by Gasteiger charge is -2.14. The zero-order chi connectivity index (χ0) is 17.6. The number of aryl methyl sites for hydroxylation is 1. The second kappa shape index (κ2) is 8.78. The van der Waals surface area contributed by atoms with E-state index >= 15 is 0 Å². The Morgan fingerprint density at radius 1 is 1.28 bits per heavy atom. The van der Waals surface area contributed by atoms with Crippen LogP contribution in [0.25, 0.3) is 0 Å². The van der Waals surface area contributed by atoms with E-state index in [9.17, 15) is 0 Å². The Balaban J connectivity index is 1.49. The Labute approximate surface area is 154 Å². The molecule has 0 saturated carbocycles. The van der Waals surface area contributed by atoms with Crippen LogP contribution in [0.4, 0.5) is 0 Å². The molecule has 138 valence electrons. The smallest absolute Gasteiger partial charge is 0.187 e. The molecule has 0 spiro atoms. The van der Waals surface area contributed by atoms with Gasteiger partial charge < -0.3 is 19.4 Å². The van der Waals surface area contributed by atoms with Crippen LogP contribution in [0.1, 0.15) is 42.6 Å². The van der Waals surface area contributed by atoms with E-state index in [4.69, 9.17) is 21.7 Å². The van der Waals surface area contributed by atoms with Crippen molar-refractivity contribution in [2.24, 2.45) is 5.10 Å². The Bertz CT molecular complexity index is 617. The van der Waals surface area contributed by atoms with Gasteiger partial charge in [0.1, 0.15) is 0 Å². The normalized spacial score (nSPS) is 23.4. The van der Waals surface area contributed by atoms with Gasteiger partial charge in [0, 0.05) is 43.3 Å².